The van der Waals surface area contributed by atoms with Crippen molar-refractivity contribution in [3.63, 3.8) is 0 Å². The third-order valence-corrected chi connectivity index (χ3v) is 2.96. The number of anilines is 3. The molecule has 1 aromatic carbocycles. The molecule has 2 N–H and O–H groups in total. The minimum atomic E-state index is 0.585. The van der Waals surface area contributed by atoms with Crippen molar-refractivity contribution in [1.82, 2.24) is 9.97 Å². The van der Waals surface area contributed by atoms with Gasteiger partial charge in [0.05, 0.1) is 12.8 Å². The molecule has 1 heterocycles. The molecular weight excluding hydrogens is 276 g/mol. The maximum Gasteiger partial charge on any atom is 0.224 e. The van der Waals surface area contributed by atoms with Gasteiger partial charge >= 0.3 is 0 Å². The molecule has 106 valence electrons. The second-order valence-corrected chi connectivity index (χ2v) is 4.66. The largest absolute Gasteiger partial charge is 0.495 e. The van der Waals surface area contributed by atoms with E-state index in [2.05, 4.69) is 20.6 Å². The van der Waals surface area contributed by atoms with Crippen molar-refractivity contribution < 1.29 is 4.74 Å². The highest BCUT2D eigenvalue weighted by atomic mass is 35.5. The van der Waals surface area contributed by atoms with Crippen molar-refractivity contribution in [3.8, 4) is 5.75 Å². The third-order valence-electron chi connectivity index (χ3n) is 2.72. The van der Waals surface area contributed by atoms with E-state index < -0.39 is 0 Å². The number of hydrogen-bond donors (Lipinski definition) is 2. The van der Waals surface area contributed by atoms with Crippen molar-refractivity contribution >= 4 is 29.1 Å². The maximum atomic E-state index is 6.02. The van der Waals surface area contributed by atoms with Gasteiger partial charge in [-0.05, 0) is 32.0 Å². The van der Waals surface area contributed by atoms with Crippen LogP contribution >= 0.6 is 11.6 Å². The third kappa shape index (κ3) is 3.30. The summed E-state index contributed by atoms with van der Waals surface area (Å²) in [5.74, 6) is 2.01. The van der Waals surface area contributed by atoms with Crippen LogP contribution in [-0.4, -0.2) is 23.6 Å². The van der Waals surface area contributed by atoms with Gasteiger partial charge in [-0.2, -0.15) is 4.98 Å². The lowest BCUT2D eigenvalue weighted by molar-refractivity contribution is 0.417. The van der Waals surface area contributed by atoms with Gasteiger partial charge in [0.15, 0.2) is 0 Å². The number of benzene rings is 1. The smallest absolute Gasteiger partial charge is 0.224 e. The lowest BCUT2D eigenvalue weighted by atomic mass is 10.2. The number of hydrogen-bond acceptors (Lipinski definition) is 5. The van der Waals surface area contributed by atoms with Crippen LogP contribution in [0, 0.1) is 6.92 Å². The van der Waals surface area contributed by atoms with E-state index in [1.165, 1.54) is 0 Å². The molecule has 0 atom stereocenters. The number of halogens is 1. The molecule has 0 amide bonds. The predicted molar refractivity (Wildman–Crippen MR) is 82.2 cm³/mol. The molecule has 0 bridgehead atoms. The molecule has 0 fully saturated rings. The Morgan fingerprint density at radius 1 is 1.35 bits per heavy atom. The van der Waals surface area contributed by atoms with Gasteiger partial charge in [0.2, 0.25) is 5.95 Å². The molecule has 0 aliphatic rings. The summed E-state index contributed by atoms with van der Waals surface area (Å²) in [6.07, 6.45) is 1.77. The van der Waals surface area contributed by atoms with Crippen LogP contribution in [0.4, 0.5) is 17.5 Å². The first-order valence-corrected chi connectivity index (χ1v) is 6.70. The van der Waals surface area contributed by atoms with Crippen molar-refractivity contribution in [1.29, 1.82) is 0 Å². The number of rotatable bonds is 5. The number of methoxy groups -OCH3 is 1. The van der Waals surface area contributed by atoms with Gasteiger partial charge in [0.25, 0.3) is 0 Å². The molecule has 1 aromatic heterocycles. The van der Waals surface area contributed by atoms with Crippen LogP contribution in [0.25, 0.3) is 0 Å². The van der Waals surface area contributed by atoms with Gasteiger partial charge in [-0.25, -0.2) is 4.98 Å². The van der Waals surface area contributed by atoms with Crippen LogP contribution in [0.3, 0.4) is 0 Å². The SMILES string of the molecule is CCNc1ncc(C)c(Nc2cc(Cl)ccc2OC)n1. The van der Waals surface area contributed by atoms with Gasteiger partial charge in [-0.3, -0.25) is 0 Å². The van der Waals surface area contributed by atoms with E-state index in [1.54, 1.807) is 25.4 Å². The normalized spacial score (nSPS) is 10.2. The second-order valence-electron chi connectivity index (χ2n) is 4.23. The number of ether oxygens (including phenoxy) is 1. The first-order valence-electron chi connectivity index (χ1n) is 6.32. The van der Waals surface area contributed by atoms with Gasteiger partial charge in [-0.15, -0.1) is 0 Å². The summed E-state index contributed by atoms with van der Waals surface area (Å²) in [6.45, 7) is 4.70. The van der Waals surface area contributed by atoms with Crippen LogP contribution < -0.4 is 15.4 Å². The highest BCUT2D eigenvalue weighted by Crippen LogP contribution is 2.30. The fourth-order valence-corrected chi connectivity index (χ4v) is 1.89. The van der Waals surface area contributed by atoms with Crippen LogP contribution in [0.5, 0.6) is 5.75 Å². The zero-order chi connectivity index (χ0) is 14.5. The molecule has 20 heavy (non-hydrogen) atoms. The Hall–Kier alpha value is -2.01. The number of nitrogens with one attached hydrogen (secondary N) is 2. The molecule has 6 heteroatoms. The zero-order valence-corrected chi connectivity index (χ0v) is 12.5. The Morgan fingerprint density at radius 3 is 2.85 bits per heavy atom. The summed E-state index contributed by atoms with van der Waals surface area (Å²) >= 11 is 6.02. The highest BCUT2D eigenvalue weighted by molar-refractivity contribution is 6.31. The van der Waals surface area contributed by atoms with Crippen molar-refractivity contribution in [2.75, 3.05) is 24.3 Å². The Bertz CT molecular complexity index is 604. The standard InChI is InChI=1S/C14H17ClN4O/c1-4-16-14-17-8-9(2)13(19-14)18-11-7-10(15)5-6-12(11)20-3/h5-8H,4H2,1-3H3,(H2,16,17,18,19). The Kier molecular flexibility index (Phi) is 4.63. The van der Waals surface area contributed by atoms with Crippen LogP contribution in [-0.2, 0) is 0 Å². The molecule has 2 rings (SSSR count). The fraction of sp³-hybridized carbons (Fsp3) is 0.286. The van der Waals surface area contributed by atoms with Gasteiger partial charge < -0.3 is 15.4 Å². The first-order chi connectivity index (χ1) is 9.63. The lowest BCUT2D eigenvalue weighted by Gasteiger charge is -2.13. The van der Waals surface area contributed by atoms with E-state index in [-0.39, 0.29) is 0 Å². The van der Waals surface area contributed by atoms with Gasteiger partial charge in [0.1, 0.15) is 11.6 Å². The summed E-state index contributed by atoms with van der Waals surface area (Å²) in [5.41, 5.74) is 1.71. The summed E-state index contributed by atoms with van der Waals surface area (Å²) in [4.78, 5) is 8.64. The van der Waals surface area contributed by atoms with Crippen molar-refractivity contribution in [3.05, 3.63) is 35.0 Å². The maximum absolute atomic E-state index is 6.02. The Labute approximate surface area is 123 Å². The average Bonchev–Trinajstić information content (AvgIpc) is 2.43. The van der Waals surface area contributed by atoms with E-state index in [0.717, 1.165) is 23.6 Å². The summed E-state index contributed by atoms with van der Waals surface area (Å²) in [6, 6.07) is 5.39. The minimum Gasteiger partial charge on any atom is -0.495 e. The molecule has 0 aliphatic heterocycles. The number of nitrogens with zero attached hydrogens (tertiary/aromatic N) is 2. The van der Waals surface area contributed by atoms with Gasteiger partial charge in [-0.1, -0.05) is 11.6 Å². The van der Waals surface area contributed by atoms with Crippen LogP contribution in [0.1, 0.15) is 12.5 Å². The van der Waals surface area contributed by atoms with E-state index >= 15 is 0 Å². The lowest BCUT2D eigenvalue weighted by Crippen LogP contribution is -2.06. The molecular formula is C14H17ClN4O. The first kappa shape index (κ1) is 14.4. The molecule has 0 aliphatic carbocycles. The molecule has 0 saturated heterocycles. The van der Waals surface area contributed by atoms with E-state index in [4.69, 9.17) is 16.3 Å². The number of aryl methyl sites for hydroxylation is 1. The summed E-state index contributed by atoms with van der Waals surface area (Å²) in [5, 5.41) is 6.94. The Balaban J connectivity index is 2.33. The van der Waals surface area contributed by atoms with E-state index in [1.807, 2.05) is 19.9 Å². The van der Waals surface area contributed by atoms with Gasteiger partial charge in [0, 0.05) is 23.3 Å². The molecule has 0 radical (unpaired) electrons. The molecule has 5 nitrogen and oxygen atoms in total. The quantitative estimate of drug-likeness (QED) is 0.881. The van der Waals surface area contributed by atoms with Crippen LogP contribution in [0.2, 0.25) is 5.02 Å². The van der Waals surface area contributed by atoms with E-state index in [9.17, 15) is 0 Å². The van der Waals surface area contributed by atoms with Crippen LogP contribution in [0.15, 0.2) is 24.4 Å². The summed E-state index contributed by atoms with van der Waals surface area (Å²) < 4.78 is 5.31. The Morgan fingerprint density at radius 2 is 2.15 bits per heavy atom. The molecule has 0 saturated carbocycles. The second kappa shape index (κ2) is 6.43. The molecule has 0 spiro atoms. The monoisotopic (exact) mass is 292 g/mol. The predicted octanol–water partition coefficient (Wildman–Crippen LogP) is 3.62. The van der Waals surface area contributed by atoms with Crippen molar-refractivity contribution in [2.45, 2.75) is 13.8 Å². The molecule has 2 aromatic rings. The molecule has 0 unspecified atom stereocenters. The average molecular weight is 293 g/mol. The van der Waals surface area contributed by atoms with E-state index in [0.29, 0.717) is 16.7 Å². The zero-order valence-electron chi connectivity index (χ0n) is 11.7. The number of aromatic nitrogens is 2. The topological polar surface area (TPSA) is 59.1 Å². The fourth-order valence-electron chi connectivity index (χ4n) is 1.72. The summed E-state index contributed by atoms with van der Waals surface area (Å²) in [7, 11) is 1.62. The highest BCUT2D eigenvalue weighted by Gasteiger charge is 2.08. The minimum absolute atomic E-state index is 0.585. The van der Waals surface area contributed by atoms with Crippen molar-refractivity contribution in [2.24, 2.45) is 0 Å².